The molecule has 0 spiro atoms. The van der Waals surface area contributed by atoms with Gasteiger partial charge in [-0.25, -0.2) is 0 Å². The molecule has 0 atom stereocenters. The third-order valence-corrected chi connectivity index (χ3v) is 4.76. The normalized spacial score (nSPS) is 10.5. The van der Waals surface area contributed by atoms with Gasteiger partial charge in [0, 0.05) is 17.3 Å². The molecule has 11 nitrogen and oxygen atoms in total. The highest BCUT2D eigenvalue weighted by Gasteiger charge is 2.21. The largest absolute Gasteiger partial charge is 0.502 e. The Hall–Kier alpha value is -5.06. The van der Waals surface area contributed by atoms with Crippen molar-refractivity contribution in [3.05, 3.63) is 100 Å². The van der Waals surface area contributed by atoms with Gasteiger partial charge < -0.3 is 19.3 Å². The quantitative estimate of drug-likeness (QED) is 0.238. The molecule has 0 saturated heterocycles. The van der Waals surface area contributed by atoms with Crippen molar-refractivity contribution in [3.8, 4) is 17.1 Å². The fourth-order valence-electron chi connectivity index (χ4n) is 3.10. The Labute approximate surface area is 192 Å². The van der Waals surface area contributed by atoms with Crippen molar-refractivity contribution in [2.24, 2.45) is 0 Å². The van der Waals surface area contributed by atoms with Gasteiger partial charge in [0.1, 0.15) is 11.5 Å². The van der Waals surface area contributed by atoms with Crippen LogP contribution in [0, 0.1) is 10.1 Å². The molecule has 0 fully saturated rings. The fourth-order valence-corrected chi connectivity index (χ4v) is 3.10. The van der Waals surface area contributed by atoms with Crippen LogP contribution in [0.2, 0.25) is 0 Å². The van der Waals surface area contributed by atoms with Crippen molar-refractivity contribution >= 4 is 23.2 Å². The summed E-state index contributed by atoms with van der Waals surface area (Å²) in [6.07, 6.45) is 1.31. The molecule has 2 aromatic heterocycles. The van der Waals surface area contributed by atoms with Crippen molar-refractivity contribution in [1.29, 1.82) is 0 Å². The maximum atomic E-state index is 12.6. The molecule has 0 unspecified atom stereocenters. The summed E-state index contributed by atoms with van der Waals surface area (Å²) in [6.45, 7) is 0.429. The molecule has 0 aliphatic heterocycles. The summed E-state index contributed by atoms with van der Waals surface area (Å²) in [5.74, 6) is -1.24. The average molecular weight is 462 g/mol. The van der Waals surface area contributed by atoms with E-state index in [1.165, 1.54) is 12.3 Å². The summed E-state index contributed by atoms with van der Waals surface area (Å²) in [4.78, 5) is 34.9. The Kier molecular flexibility index (Phi) is 6.26. The van der Waals surface area contributed by atoms with Crippen LogP contribution in [0.5, 0.6) is 5.75 Å². The number of furan rings is 2. The lowest BCUT2D eigenvalue weighted by Gasteiger charge is -2.07. The Balaban J connectivity index is 1.40. The van der Waals surface area contributed by atoms with Gasteiger partial charge in [0.25, 0.3) is 5.91 Å². The van der Waals surface area contributed by atoms with E-state index in [0.29, 0.717) is 23.6 Å². The molecular formula is C23H18N4O7. The molecule has 2 amide bonds. The molecule has 4 aromatic rings. The number of carbonyl (C=O) groups is 2. The number of nitrogens with one attached hydrogen (secondary N) is 3. The number of benzene rings is 2. The van der Waals surface area contributed by atoms with Crippen molar-refractivity contribution in [2.45, 2.75) is 6.54 Å². The van der Waals surface area contributed by atoms with Gasteiger partial charge in [0.05, 0.1) is 23.3 Å². The summed E-state index contributed by atoms with van der Waals surface area (Å²) in [6, 6.07) is 17.7. The molecular weight excluding hydrogens is 444 g/mol. The molecule has 0 saturated carbocycles. The van der Waals surface area contributed by atoms with Gasteiger partial charge >= 0.3 is 11.6 Å². The summed E-state index contributed by atoms with van der Waals surface area (Å²) < 4.78 is 11.1. The van der Waals surface area contributed by atoms with Gasteiger partial charge in [-0.05, 0) is 42.5 Å². The number of nitrogens with zero attached hydrogens (tertiary/aromatic N) is 1. The first-order chi connectivity index (χ1) is 16.4. The van der Waals surface area contributed by atoms with Crippen LogP contribution in [0.4, 0.5) is 11.4 Å². The van der Waals surface area contributed by atoms with E-state index in [9.17, 15) is 24.8 Å². The van der Waals surface area contributed by atoms with Gasteiger partial charge in [0.2, 0.25) is 5.76 Å². The zero-order valence-corrected chi connectivity index (χ0v) is 17.5. The number of hydrogen-bond donors (Lipinski definition) is 4. The number of para-hydroxylation sites is 1. The third-order valence-electron chi connectivity index (χ3n) is 4.76. The number of hydrogen-bond acceptors (Lipinski definition) is 8. The Morgan fingerprint density at radius 3 is 2.50 bits per heavy atom. The molecule has 2 aromatic carbocycles. The molecule has 4 rings (SSSR count). The third kappa shape index (κ3) is 4.88. The monoisotopic (exact) mass is 462 g/mol. The van der Waals surface area contributed by atoms with E-state index < -0.39 is 28.2 Å². The predicted molar refractivity (Wildman–Crippen MR) is 120 cm³/mol. The predicted octanol–water partition coefficient (Wildman–Crippen LogP) is 3.84. The zero-order valence-electron chi connectivity index (χ0n) is 17.5. The summed E-state index contributed by atoms with van der Waals surface area (Å²) in [5, 5.41) is 23.6. The van der Waals surface area contributed by atoms with Gasteiger partial charge in [-0.2, -0.15) is 0 Å². The number of hydrazine groups is 1. The SMILES string of the molecule is O=C(NNC(=O)c1occc1-c1ccc(CNc2ccccc2)o1)c1ccc(O)c([N+](=O)[O-])c1. The maximum absolute atomic E-state index is 12.6. The topological polar surface area (TPSA) is 160 Å². The van der Waals surface area contributed by atoms with Gasteiger partial charge in [-0.3, -0.25) is 30.6 Å². The summed E-state index contributed by atoms with van der Waals surface area (Å²) >= 11 is 0. The number of nitro benzene ring substituents is 1. The molecule has 0 bridgehead atoms. The first-order valence-electron chi connectivity index (χ1n) is 9.96. The van der Waals surface area contributed by atoms with Crippen LogP contribution in [0.15, 0.2) is 81.8 Å². The van der Waals surface area contributed by atoms with E-state index in [-0.39, 0.29) is 11.3 Å². The molecule has 0 radical (unpaired) electrons. The zero-order chi connectivity index (χ0) is 24.1. The maximum Gasteiger partial charge on any atom is 0.311 e. The van der Waals surface area contributed by atoms with Crippen LogP contribution in [0.25, 0.3) is 11.3 Å². The number of anilines is 1. The lowest BCUT2D eigenvalue weighted by atomic mass is 10.2. The van der Waals surface area contributed by atoms with Crippen molar-refractivity contribution in [2.75, 3.05) is 5.32 Å². The highest BCUT2D eigenvalue weighted by atomic mass is 16.6. The van der Waals surface area contributed by atoms with E-state index in [0.717, 1.165) is 17.8 Å². The molecule has 11 heteroatoms. The first kappa shape index (κ1) is 22.1. The first-order valence-corrected chi connectivity index (χ1v) is 9.96. The summed E-state index contributed by atoms with van der Waals surface area (Å²) in [5.41, 5.74) is 4.88. The van der Waals surface area contributed by atoms with Crippen LogP contribution < -0.4 is 16.2 Å². The highest BCUT2D eigenvalue weighted by molar-refractivity contribution is 6.01. The minimum absolute atomic E-state index is 0.103. The highest BCUT2D eigenvalue weighted by Crippen LogP contribution is 2.28. The standard InChI is InChI=1S/C23H18N4O7/c28-19-8-6-14(12-18(19)27(31)32)22(29)25-26-23(30)21-17(10-11-33-21)20-9-7-16(34-20)13-24-15-4-2-1-3-5-15/h1-12,24,28H,13H2,(H,25,29)(H,26,30). The Morgan fingerprint density at radius 2 is 1.74 bits per heavy atom. The number of aromatic hydroxyl groups is 1. The van der Waals surface area contributed by atoms with Crippen molar-refractivity contribution in [1.82, 2.24) is 10.9 Å². The van der Waals surface area contributed by atoms with E-state index in [1.54, 1.807) is 18.2 Å². The summed E-state index contributed by atoms with van der Waals surface area (Å²) in [7, 11) is 0. The van der Waals surface area contributed by atoms with Crippen LogP contribution in [0.1, 0.15) is 26.7 Å². The van der Waals surface area contributed by atoms with Crippen LogP contribution in [-0.4, -0.2) is 21.8 Å². The smallest absolute Gasteiger partial charge is 0.311 e. The van der Waals surface area contributed by atoms with Crippen molar-refractivity contribution in [3.63, 3.8) is 0 Å². The number of rotatable bonds is 7. The molecule has 172 valence electrons. The molecule has 4 N–H and O–H groups in total. The van der Waals surface area contributed by atoms with E-state index >= 15 is 0 Å². The Morgan fingerprint density at radius 1 is 0.971 bits per heavy atom. The molecule has 2 heterocycles. The lowest BCUT2D eigenvalue weighted by molar-refractivity contribution is -0.385. The number of nitro groups is 1. The number of amides is 2. The molecule has 0 aliphatic rings. The second kappa shape index (κ2) is 9.61. The van der Waals surface area contributed by atoms with Gasteiger partial charge in [-0.15, -0.1) is 0 Å². The molecule has 0 aliphatic carbocycles. The van der Waals surface area contributed by atoms with E-state index in [2.05, 4.69) is 16.2 Å². The Bertz CT molecular complexity index is 1340. The van der Waals surface area contributed by atoms with Crippen LogP contribution >= 0.6 is 0 Å². The number of phenols is 1. The average Bonchev–Trinajstić information content (AvgIpc) is 3.51. The second-order valence-corrected chi connectivity index (χ2v) is 7.02. The minimum Gasteiger partial charge on any atom is -0.502 e. The van der Waals surface area contributed by atoms with E-state index in [1.807, 2.05) is 30.3 Å². The fraction of sp³-hybridized carbons (Fsp3) is 0.0435. The number of carbonyl (C=O) groups excluding carboxylic acids is 2. The van der Waals surface area contributed by atoms with Crippen LogP contribution in [0.3, 0.4) is 0 Å². The van der Waals surface area contributed by atoms with E-state index in [4.69, 9.17) is 8.83 Å². The van der Waals surface area contributed by atoms with Gasteiger partial charge in [-0.1, -0.05) is 18.2 Å². The second-order valence-electron chi connectivity index (χ2n) is 7.02. The molecule has 34 heavy (non-hydrogen) atoms. The van der Waals surface area contributed by atoms with Gasteiger partial charge in [0.15, 0.2) is 5.75 Å². The van der Waals surface area contributed by atoms with Crippen molar-refractivity contribution < 1.29 is 28.5 Å². The van der Waals surface area contributed by atoms with Crippen LogP contribution in [-0.2, 0) is 6.54 Å². The lowest BCUT2D eigenvalue weighted by Crippen LogP contribution is -2.41. The number of phenolic OH excluding ortho intramolecular Hbond substituents is 1. The minimum atomic E-state index is -0.827.